The van der Waals surface area contributed by atoms with Crippen molar-refractivity contribution >= 4 is 27.8 Å². The van der Waals surface area contributed by atoms with Crippen LogP contribution in [0.15, 0.2) is 46.3 Å². The van der Waals surface area contributed by atoms with Gasteiger partial charge in [-0.3, -0.25) is 4.79 Å². The van der Waals surface area contributed by atoms with Gasteiger partial charge in [0.25, 0.3) is 5.91 Å². The lowest BCUT2D eigenvalue weighted by atomic mass is 10.2. The minimum Gasteiger partial charge on any atom is -0.360 e. The predicted molar refractivity (Wildman–Crippen MR) is 101 cm³/mol. The lowest BCUT2D eigenvalue weighted by Crippen LogP contribution is -3.15. The van der Waals surface area contributed by atoms with E-state index >= 15 is 0 Å². The molecule has 0 bridgehead atoms. The molecule has 1 aromatic heterocycles. The van der Waals surface area contributed by atoms with Crippen LogP contribution in [0.2, 0.25) is 0 Å². The largest absolute Gasteiger partial charge is 0.360 e. The number of hydrogen-bond donors (Lipinski definition) is 2. The second-order valence-electron chi connectivity index (χ2n) is 6.46. The smallest absolute Gasteiger partial charge is 0.280 e. The Kier molecular flexibility index (Phi) is 6.04. The Morgan fingerprint density at radius 2 is 2.00 bits per heavy atom. The van der Waals surface area contributed by atoms with Crippen LogP contribution >= 0.6 is 0 Å². The van der Waals surface area contributed by atoms with E-state index in [1.807, 2.05) is 30.3 Å². The SMILES string of the molecule is Cc1cc(NC(=O)C[NH+]2CCN(S(=O)(=O)/C=C/c3ccccc3)CC2)no1. The summed E-state index contributed by atoms with van der Waals surface area (Å²) in [6, 6.07) is 11.0. The number of anilines is 1. The topological polar surface area (TPSA) is 97.0 Å². The molecule has 1 fully saturated rings. The van der Waals surface area contributed by atoms with Crippen LogP contribution < -0.4 is 10.2 Å². The van der Waals surface area contributed by atoms with E-state index in [0.717, 1.165) is 10.5 Å². The molecule has 2 heterocycles. The van der Waals surface area contributed by atoms with Crippen LogP contribution in [0.3, 0.4) is 0 Å². The molecule has 0 atom stereocenters. The summed E-state index contributed by atoms with van der Waals surface area (Å²) in [5.74, 6) is 0.850. The Labute approximate surface area is 158 Å². The first-order valence-corrected chi connectivity index (χ1v) is 10.2. The minimum absolute atomic E-state index is 0.168. The first-order valence-electron chi connectivity index (χ1n) is 8.72. The van der Waals surface area contributed by atoms with Crippen molar-refractivity contribution in [2.24, 2.45) is 0 Å². The van der Waals surface area contributed by atoms with Gasteiger partial charge in [0.05, 0.1) is 26.2 Å². The number of hydrogen-bond acceptors (Lipinski definition) is 5. The van der Waals surface area contributed by atoms with E-state index in [0.29, 0.717) is 37.8 Å². The second kappa shape index (κ2) is 8.47. The first-order chi connectivity index (χ1) is 12.9. The molecule has 2 aromatic rings. The third-order valence-corrected chi connectivity index (χ3v) is 5.89. The van der Waals surface area contributed by atoms with Crippen LogP contribution in [0.4, 0.5) is 5.82 Å². The monoisotopic (exact) mass is 391 g/mol. The zero-order valence-electron chi connectivity index (χ0n) is 15.1. The standard InChI is InChI=1S/C18H22N4O4S/c1-15-13-17(20-26-15)19-18(23)14-21-8-10-22(11-9-21)27(24,25)12-7-16-5-3-2-4-6-16/h2-7,12-13H,8-11,14H2,1H3,(H,19,20,23)/p+1/b12-7+. The van der Waals surface area contributed by atoms with Crippen molar-refractivity contribution in [1.82, 2.24) is 9.46 Å². The molecule has 0 spiro atoms. The molecular formula is C18H23N4O4S+. The van der Waals surface area contributed by atoms with Crippen molar-refractivity contribution in [2.45, 2.75) is 6.92 Å². The molecule has 27 heavy (non-hydrogen) atoms. The summed E-state index contributed by atoms with van der Waals surface area (Å²) < 4.78 is 31.3. The number of carbonyl (C=O) groups excluding carboxylic acids is 1. The Morgan fingerprint density at radius 3 is 2.63 bits per heavy atom. The van der Waals surface area contributed by atoms with Gasteiger partial charge in [-0.05, 0) is 18.6 Å². The van der Waals surface area contributed by atoms with Gasteiger partial charge in [-0.25, -0.2) is 8.42 Å². The Balaban J connectivity index is 1.49. The van der Waals surface area contributed by atoms with Gasteiger partial charge in [0, 0.05) is 11.5 Å². The second-order valence-corrected chi connectivity index (χ2v) is 8.27. The normalized spacial score (nSPS) is 16.6. The van der Waals surface area contributed by atoms with Crippen molar-refractivity contribution in [3.63, 3.8) is 0 Å². The molecule has 1 saturated heterocycles. The Bertz CT molecular complexity index is 900. The Hall–Kier alpha value is -2.49. The van der Waals surface area contributed by atoms with Crippen molar-refractivity contribution in [2.75, 3.05) is 38.0 Å². The van der Waals surface area contributed by atoms with Crippen molar-refractivity contribution in [1.29, 1.82) is 0 Å². The number of quaternary nitrogens is 1. The highest BCUT2D eigenvalue weighted by molar-refractivity contribution is 7.92. The summed E-state index contributed by atoms with van der Waals surface area (Å²) in [6.45, 7) is 3.92. The molecule has 144 valence electrons. The van der Waals surface area contributed by atoms with Gasteiger partial charge in [-0.1, -0.05) is 35.5 Å². The van der Waals surface area contributed by atoms with E-state index in [2.05, 4.69) is 10.5 Å². The van der Waals surface area contributed by atoms with Crippen molar-refractivity contribution < 1.29 is 22.6 Å². The fourth-order valence-electron chi connectivity index (χ4n) is 2.89. The average Bonchev–Trinajstić information content (AvgIpc) is 3.06. The fourth-order valence-corrected chi connectivity index (χ4v) is 4.08. The molecule has 1 aliphatic rings. The highest BCUT2D eigenvalue weighted by atomic mass is 32.2. The fraction of sp³-hybridized carbons (Fsp3) is 0.333. The highest BCUT2D eigenvalue weighted by Gasteiger charge is 2.28. The van der Waals surface area contributed by atoms with Gasteiger partial charge in [0.1, 0.15) is 5.76 Å². The summed E-state index contributed by atoms with van der Waals surface area (Å²) >= 11 is 0. The number of rotatable bonds is 6. The molecule has 1 aromatic carbocycles. The van der Waals surface area contributed by atoms with Crippen molar-refractivity contribution in [3.05, 3.63) is 53.1 Å². The first kappa shape index (κ1) is 19.3. The number of aryl methyl sites for hydroxylation is 1. The maximum absolute atomic E-state index is 12.5. The van der Waals surface area contributed by atoms with Gasteiger partial charge in [-0.2, -0.15) is 4.31 Å². The zero-order chi connectivity index (χ0) is 19.3. The van der Waals surface area contributed by atoms with Crippen molar-refractivity contribution in [3.8, 4) is 0 Å². The lowest BCUT2D eigenvalue weighted by Gasteiger charge is -2.30. The van der Waals surface area contributed by atoms with Crippen LogP contribution in [0, 0.1) is 6.92 Å². The number of nitrogens with zero attached hydrogens (tertiary/aromatic N) is 2. The lowest BCUT2D eigenvalue weighted by molar-refractivity contribution is -0.895. The van der Waals surface area contributed by atoms with E-state index < -0.39 is 10.0 Å². The molecule has 0 radical (unpaired) electrons. The maximum atomic E-state index is 12.5. The predicted octanol–water partition coefficient (Wildman–Crippen LogP) is 0.123. The third kappa shape index (κ3) is 5.49. The minimum atomic E-state index is -3.46. The number of amides is 1. The molecule has 1 amide bonds. The van der Waals surface area contributed by atoms with E-state index in [9.17, 15) is 13.2 Å². The number of aromatic nitrogens is 1. The summed E-state index contributed by atoms with van der Waals surface area (Å²) in [6.07, 6.45) is 1.60. The maximum Gasteiger partial charge on any atom is 0.280 e. The van der Waals surface area contributed by atoms with E-state index in [4.69, 9.17) is 4.52 Å². The summed E-state index contributed by atoms with van der Waals surface area (Å²) in [4.78, 5) is 13.1. The Morgan fingerprint density at radius 1 is 1.30 bits per heavy atom. The molecular weight excluding hydrogens is 368 g/mol. The zero-order valence-corrected chi connectivity index (χ0v) is 15.9. The molecule has 1 aliphatic heterocycles. The van der Waals surface area contributed by atoms with Gasteiger partial charge in [0.2, 0.25) is 10.0 Å². The quantitative estimate of drug-likeness (QED) is 0.729. The number of piperazine rings is 1. The van der Waals surface area contributed by atoms with E-state index in [1.165, 1.54) is 9.71 Å². The summed E-state index contributed by atoms with van der Waals surface area (Å²) in [5.41, 5.74) is 0.838. The highest BCUT2D eigenvalue weighted by Crippen LogP contribution is 2.08. The molecule has 0 aliphatic carbocycles. The number of benzene rings is 1. The number of nitrogens with one attached hydrogen (secondary N) is 2. The summed E-state index contributed by atoms with van der Waals surface area (Å²) in [7, 11) is -3.46. The van der Waals surface area contributed by atoms with Gasteiger partial charge in [0.15, 0.2) is 12.4 Å². The van der Waals surface area contributed by atoms with E-state index in [1.54, 1.807) is 19.1 Å². The average molecular weight is 391 g/mol. The molecule has 3 rings (SSSR count). The molecule has 0 saturated carbocycles. The summed E-state index contributed by atoms with van der Waals surface area (Å²) in [5, 5.41) is 7.65. The van der Waals surface area contributed by atoms with Gasteiger partial charge < -0.3 is 14.7 Å². The molecule has 0 unspecified atom stereocenters. The number of sulfonamides is 1. The molecule has 9 heteroatoms. The van der Waals surface area contributed by atoms with Crippen LogP contribution in [0.25, 0.3) is 6.08 Å². The molecule has 8 nitrogen and oxygen atoms in total. The van der Waals surface area contributed by atoms with Gasteiger partial charge in [-0.15, -0.1) is 0 Å². The van der Waals surface area contributed by atoms with Crippen LogP contribution in [-0.2, 0) is 14.8 Å². The third-order valence-electron chi connectivity index (χ3n) is 4.33. The van der Waals surface area contributed by atoms with Gasteiger partial charge >= 0.3 is 0 Å². The van der Waals surface area contributed by atoms with Crippen LogP contribution in [0.1, 0.15) is 11.3 Å². The molecule has 2 N–H and O–H groups in total. The number of carbonyl (C=O) groups is 1. The van der Waals surface area contributed by atoms with E-state index in [-0.39, 0.29) is 12.5 Å². The van der Waals surface area contributed by atoms with Crippen LogP contribution in [0.5, 0.6) is 0 Å². The van der Waals surface area contributed by atoms with Crippen LogP contribution in [-0.4, -0.2) is 56.5 Å².